The third-order valence-electron chi connectivity index (χ3n) is 8.33. The standard InChI is InChI=1S/C33H50BN5O8/c1-29(2,3)44-26(40)19-25(36-28(42)45-30(4,5)6)39-20-24(17-14-18-34-46-31(7,8)32(9,10)47-34)33(22-39,37-38-35)27(41)43-21-23-15-12-11-13-16-23/h11-13,15-16,24H,14,17-22H2,1-10H3/t24-,33-/m0/s1. The van der Waals surface area contributed by atoms with E-state index < -0.39 is 59.0 Å². The number of rotatable bonds is 10. The highest BCUT2D eigenvalue weighted by Crippen LogP contribution is 2.41. The number of amidine groups is 1. The number of hydrogen-bond donors (Lipinski definition) is 0. The molecule has 1 aromatic rings. The lowest BCUT2D eigenvalue weighted by atomic mass is 9.78. The van der Waals surface area contributed by atoms with Gasteiger partial charge in [-0.05, 0) is 93.1 Å². The molecule has 3 rings (SSSR count). The van der Waals surface area contributed by atoms with Crippen LogP contribution in [0.4, 0.5) is 4.79 Å². The maximum Gasteiger partial charge on any atom is 0.457 e. The van der Waals surface area contributed by atoms with Gasteiger partial charge in [-0.2, -0.15) is 4.99 Å². The van der Waals surface area contributed by atoms with Gasteiger partial charge in [-0.25, -0.2) is 4.79 Å². The first-order chi connectivity index (χ1) is 21.7. The van der Waals surface area contributed by atoms with Gasteiger partial charge in [-0.3, -0.25) is 9.59 Å². The number of aliphatic imine (C=N–C) groups is 1. The molecule has 0 aromatic heterocycles. The molecule has 1 amide bonds. The molecule has 258 valence electrons. The summed E-state index contributed by atoms with van der Waals surface area (Å²) in [5.41, 5.74) is 6.22. The fourth-order valence-electron chi connectivity index (χ4n) is 5.47. The van der Waals surface area contributed by atoms with Gasteiger partial charge < -0.3 is 28.4 Å². The van der Waals surface area contributed by atoms with E-state index in [1.165, 1.54) is 0 Å². The van der Waals surface area contributed by atoms with Crippen molar-refractivity contribution < 1.29 is 37.9 Å². The summed E-state index contributed by atoms with van der Waals surface area (Å²) in [4.78, 5) is 48.7. The van der Waals surface area contributed by atoms with Crippen LogP contribution >= 0.6 is 0 Å². The second-order valence-electron chi connectivity index (χ2n) is 15.1. The largest absolute Gasteiger partial charge is 0.460 e. The smallest absolute Gasteiger partial charge is 0.457 e. The maximum absolute atomic E-state index is 13.9. The molecule has 2 saturated heterocycles. The summed E-state index contributed by atoms with van der Waals surface area (Å²) in [6.45, 7) is 18.2. The lowest BCUT2D eigenvalue weighted by Crippen LogP contribution is -2.46. The Hall–Kier alpha value is -3.61. The molecule has 0 saturated carbocycles. The van der Waals surface area contributed by atoms with Crippen LogP contribution < -0.4 is 0 Å². The van der Waals surface area contributed by atoms with Crippen molar-refractivity contribution in [3.8, 4) is 0 Å². The molecule has 2 fully saturated rings. The third-order valence-corrected chi connectivity index (χ3v) is 8.33. The Morgan fingerprint density at radius 3 is 2.15 bits per heavy atom. The van der Waals surface area contributed by atoms with Crippen molar-refractivity contribution in [1.82, 2.24) is 4.90 Å². The maximum atomic E-state index is 13.9. The fourth-order valence-corrected chi connectivity index (χ4v) is 5.47. The fraction of sp³-hybridized carbons (Fsp3) is 0.697. The number of likely N-dealkylation sites (tertiary alicyclic amines) is 1. The van der Waals surface area contributed by atoms with Crippen LogP contribution in [0.1, 0.15) is 94.1 Å². The van der Waals surface area contributed by atoms with Gasteiger partial charge in [0.2, 0.25) is 0 Å². The number of hydrogen-bond acceptors (Lipinski definition) is 9. The van der Waals surface area contributed by atoms with E-state index in [4.69, 9.17) is 23.5 Å². The molecule has 2 atom stereocenters. The number of ether oxygens (including phenoxy) is 3. The van der Waals surface area contributed by atoms with E-state index in [2.05, 4.69) is 15.0 Å². The summed E-state index contributed by atoms with van der Waals surface area (Å²) in [7, 11) is -0.451. The number of nitrogens with zero attached hydrogens (tertiary/aromatic N) is 5. The Morgan fingerprint density at radius 1 is 1.00 bits per heavy atom. The van der Waals surface area contributed by atoms with Gasteiger partial charge in [0.15, 0.2) is 5.54 Å². The van der Waals surface area contributed by atoms with Crippen LogP contribution in [0, 0.1) is 5.92 Å². The van der Waals surface area contributed by atoms with Gasteiger partial charge in [-0.15, -0.1) is 0 Å². The molecule has 2 heterocycles. The molecule has 0 N–H and O–H groups in total. The first-order valence-electron chi connectivity index (χ1n) is 16.1. The first-order valence-corrected chi connectivity index (χ1v) is 16.1. The van der Waals surface area contributed by atoms with Crippen LogP contribution in [-0.4, -0.2) is 76.9 Å². The average molecular weight is 656 g/mol. The van der Waals surface area contributed by atoms with Crippen molar-refractivity contribution >= 4 is 31.0 Å². The van der Waals surface area contributed by atoms with E-state index in [9.17, 15) is 19.9 Å². The van der Waals surface area contributed by atoms with Gasteiger partial charge in [-0.1, -0.05) is 41.9 Å². The minimum absolute atomic E-state index is 0.0280. The van der Waals surface area contributed by atoms with Crippen molar-refractivity contribution in [1.29, 1.82) is 0 Å². The molecule has 2 aliphatic rings. The number of esters is 2. The lowest BCUT2D eigenvalue weighted by Gasteiger charge is -2.32. The summed E-state index contributed by atoms with van der Waals surface area (Å²) >= 11 is 0. The average Bonchev–Trinajstić information content (AvgIpc) is 3.38. The molecule has 14 heteroatoms. The van der Waals surface area contributed by atoms with Crippen LogP contribution in [0.5, 0.6) is 0 Å². The van der Waals surface area contributed by atoms with Gasteiger partial charge in [0.1, 0.15) is 30.1 Å². The van der Waals surface area contributed by atoms with Crippen molar-refractivity contribution in [3.63, 3.8) is 0 Å². The van der Waals surface area contributed by atoms with E-state index in [-0.39, 0.29) is 32.0 Å². The van der Waals surface area contributed by atoms with Crippen LogP contribution in [0.3, 0.4) is 0 Å². The number of amides is 1. The van der Waals surface area contributed by atoms with Crippen molar-refractivity contribution in [2.75, 3.05) is 13.1 Å². The van der Waals surface area contributed by atoms with E-state index in [1.807, 2.05) is 58.0 Å². The molecule has 1 aromatic carbocycles. The molecule has 0 radical (unpaired) electrons. The zero-order valence-electron chi connectivity index (χ0n) is 29.5. The van der Waals surface area contributed by atoms with Crippen molar-refractivity contribution in [2.24, 2.45) is 16.0 Å². The summed E-state index contributed by atoms with van der Waals surface area (Å²) in [6.07, 6.45) is 0.246. The van der Waals surface area contributed by atoms with E-state index in [0.29, 0.717) is 19.2 Å². The highest BCUT2D eigenvalue weighted by atomic mass is 16.7. The monoisotopic (exact) mass is 655 g/mol. The zero-order valence-corrected chi connectivity index (χ0v) is 29.5. The van der Waals surface area contributed by atoms with Crippen LogP contribution in [-0.2, 0) is 39.7 Å². The number of carbonyl (C=O) groups is 3. The first kappa shape index (κ1) is 37.8. The van der Waals surface area contributed by atoms with Gasteiger partial charge in [0.05, 0.1) is 11.2 Å². The minimum atomic E-state index is -1.68. The number of benzene rings is 1. The highest BCUT2D eigenvalue weighted by molar-refractivity contribution is 6.45. The molecule has 13 nitrogen and oxygen atoms in total. The van der Waals surface area contributed by atoms with Crippen LogP contribution in [0.15, 0.2) is 40.4 Å². The van der Waals surface area contributed by atoms with Gasteiger partial charge in [0, 0.05) is 23.9 Å². The van der Waals surface area contributed by atoms with Gasteiger partial charge in [0.25, 0.3) is 0 Å². The molecular weight excluding hydrogens is 605 g/mol. The van der Waals surface area contributed by atoms with Gasteiger partial charge >= 0.3 is 25.2 Å². The molecule has 2 aliphatic heterocycles. The zero-order chi connectivity index (χ0) is 35.3. The van der Waals surface area contributed by atoms with Crippen LogP contribution in [0.2, 0.25) is 6.32 Å². The van der Waals surface area contributed by atoms with Crippen LogP contribution in [0.25, 0.3) is 10.4 Å². The van der Waals surface area contributed by atoms with E-state index >= 15 is 0 Å². The molecular formula is C33H50BN5O8. The van der Waals surface area contributed by atoms with E-state index in [0.717, 1.165) is 5.56 Å². The normalized spacial score (nSPS) is 22.4. The molecule has 0 bridgehead atoms. The number of azide groups is 1. The molecule has 0 unspecified atom stereocenters. The molecule has 0 spiro atoms. The minimum Gasteiger partial charge on any atom is -0.460 e. The SMILES string of the molecule is CC(C)(C)OC(=O)CC(=NC(=O)OC(C)(C)C)N1C[C@H](CCCB2OC(C)(C)C(C)(C)O2)[C@](N=[N+]=[N-])(C(=O)OCc2ccccc2)C1. The Balaban J connectivity index is 1.94. The van der Waals surface area contributed by atoms with Crippen molar-refractivity contribution in [2.45, 2.75) is 129 Å². The van der Waals surface area contributed by atoms with Crippen molar-refractivity contribution in [3.05, 3.63) is 46.3 Å². The molecule has 47 heavy (non-hydrogen) atoms. The van der Waals surface area contributed by atoms with E-state index in [1.54, 1.807) is 46.4 Å². The lowest BCUT2D eigenvalue weighted by molar-refractivity contribution is -0.153. The molecule has 0 aliphatic carbocycles. The predicted molar refractivity (Wildman–Crippen MR) is 177 cm³/mol. The summed E-state index contributed by atoms with van der Waals surface area (Å²) < 4.78 is 29.0. The quantitative estimate of drug-likeness (QED) is 0.0393. The predicted octanol–water partition coefficient (Wildman–Crippen LogP) is 6.65. The summed E-state index contributed by atoms with van der Waals surface area (Å²) in [6, 6.07) is 9.16. The highest BCUT2D eigenvalue weighted by Gasteiger charge is 2.55. The Morgan fingerprint density at radius 2 is 1.60 bits per heavy atom. The summed E-state index contributed by atoms with van der Waals surface area (Å²) in [5, 5.41) is 4.07. The number of carbonyl (C=O) groups excluding carboxylic acids is 3. The second-order valence-corrected chi connectivity index (χ2v) is 15.1. The topological polar surface area (TPSA) is 162 Å². The Kier molecular flexibility index (Phi) is 11.8. The third kappa shape index (κ3) is 10.4. The summed E-state index contributed by atoms with van der Waals surface area (Å²) in [5.74, 6) is -1.86. The second kappa shape index (κ2) is 14.7. The Labute approximate surface area is 278 Å². The Bertz CT molecular complexity index is 1350.